The predicted molar refractivity (Wildman–Crippen MR) is 249 cm³/mol. The number of nitrogens with zero attached hydrogens (tertiary/aromatic N) is 5. The fraction of sp³-hybridized carbons (Fsp3) is 0.333. The number of halogens is 1. The predicted octanol–water partition coefficient (Wildman–Crippen LogP) is 6.98. The Hall–Kier alpha value is -6.69. The number of aromatic nitrogens is 3. The first-order valence-electron chi connectivity index (χ1n) is 21.7. The van der Waals surface area contributed by atoms with Crippen molar-refractivity contribution in [2.24, 2.45) is 4.99 Å². The number of amides is 5. The minimum Gasteiger partial charge on any atom is -0.494 e. The van der Waals surface area contributed by atoms with Crippen molar-refractivity contribution >= 4 is 63.9 Å². The zero-order valence-corrected chi connectivity index (χ0v) is 38.4. The Morgan fingerprint density at radius 3 is 2.44 bits per heavy atom. The van der Waals surface area contributed by atoms with Crippen molar-refractivity contribution in [1.29, 1.82) is 0 Å². The first-order chi connectivity index (χ1) is 31.9. The maximum absolute atomic E-state index is 13.5. The number of aliphatic imine (C=N–C) groups is 1. The van der Waals surface area contributed by atoms with Gasteiger partial charge in [-0.1, -0.05) is 36.4 Å². The number of anilines is 1. The number of thiophene rings is 1. The molecule has 8 rings (SSSR count). The smallest absolute Gasteiger partial charge is 0.266 e. The molecule has 1 unspecified atom stereocenters. The third-order valence-corrected chi connectivity index (χ3v) is 13.0. The maximum Gasteiger partial charge on any atom is 0.266 e. The Kier molecular flexibility index (Phi) is 14.1. The summed E-state index contributed by atoms with van der Waals surface area (Å²) >= 11 is 7.90. The molecular formula is C48H49ClN8O8S. The number of nitrogens with one attached hydrogen (secondary N) is 3. The highest BCUT2D eigenvalue weighted by molar-refractivity contribution is 7.15. The number of fused-ring (bicyclic) bond motifs is 4. The summed E-state index contributed by atoms with van der Waals surface area (Å²) in [7, 11) is 0. The minimum absolute atomic E-state index is 0.0442. The van der Waals surface area contributed by atoms with Crippen LogP contribution in [0.15, 0.2) is 84.0 Å². The van der Waals surface area contributed by atoms with Gasteiger partial charge in [-0.3, -0.25) is 38.4 Å². The summed E-state index contributed by atoms with van der Waals surface area (Å²) in [4.78, 5) is 72.3. The summed E-state index contributed by atoms with van der Waals surface area (Å²) in [5.41, 5.74) is 5.15. The lowest BCUT2D eigenvalue weighted by molar-refractivity contribution is -0.125. The minimum atomic E-state index is -0.942. The Bertz CT molecular complexity index is 2730. The molecule has 0 spiro atoms. The van der Waals surface area contributed by atoms with Crippen molar-refractivity contribution < 1.29 is 38.2 Å². The Labute approximate surface area is 390 Å². The molecule has 0 radical (unpaired) electrons. The van der Waals surface area contributed by atoms with Gasteiger partial charge in [-0.25, -0.2) is 0 Å². The van der Waals surface area contributed by atoms with Crippen LogP contribution in [0.4, 0.5) is 5.69 Å². The van der Waals surface area contributed by atoms with Crippen LogP contribution in [0, 0.1) is 20.8 Å². The summed E-state index contributed by atoms with van der Waals surface area (Å²) in [6.45, 7) is 11.3. The number of aryl methyl sites for hydroxylation is 2. The van der Waals surface area contributed by atoms with E-state index in [0.717, 1.165) is 44.5 Å². The van der Waals surface area contributed by atoms with Gasteiger partial charge in [-0.05, 0) is 101 Å². The second kappa shape index (κ2) is 20.2. The van der Waals surface area contributed by atoms with Gasteiger partial charge in [0.1, 0.15) is 34.4 Å². The van der Waals surface area contributed by atoms with Crippen molar-refractivity contribution in [3.63, 3.8) is 0 Å². The number of hydrogen-bond donors (Lipinski definition) is 3. The zero-order valence-electron chi connectivity index (χ0n) is 36.8. The van der Waals surface area contributed by atoms with Gasteiger partial charge in [-0.2, -0.15) is 0 Å². The Morgan fingerprint density at radius 1 is 0.894 bits per heavy atom. The highest BCUT2D eigenvalue weighted by atomic mass is 35.5. The highest BCUT2D eigenvalue weighted by Crippen LogP contribution is 2.40. The van der Waals surface area contributed by atoms with E-state index >= 15 is 0 Å². The van der Waals surface area contributed by atoms with Crippen LogP contribution in [-0.4, -0.2) is 93.9 Å². The molecule has 2 aromatic heterocycles. The average molecular weight is 933 g/mol. The van der Waals surface area contributed by atoms with E-state index in [-0.39, 0.29) is 48.1 Å². The summed E-state index contributed by atoms with van der Waals surface area (Å²) in [5, 5.41) is 18.9. The largest absolute Gasteiger partial charge is 0.494 e. The van der Waals surface area contributed by atoms with Crippen LogP contribution in [0.5, 0.6) is 11.5 Å². The first-order valence-corrected chi connectivity index (χ1v) is 22.9. The van der Waals surface area contributed by atoms with Crippen LogP contribution < -0.4 is 25.4 Å². The molecule has 1 saturated heterocycles. The number of unbranched alkanes of at least 4 members (excludes halogenated alkanes) is 1. The van der Waals surface area contributed by atoms with E-state index in [4.69, 9.17) is 30.8 Å². The van der Waals surface area contributed by atoms with Gasteiger partial charge in [0.15, 0.2) is 12.4 Å². The SMILES string of the molecule is C=C1CCC(N2C(=O)c3cccc(OCC(=O)NCCCCOCCCOc4ccc(NC(=O)C[C@@H]5N=C(c6ccc(Cl)cc6)c6c(sc(C)c6C)-n6c(C)nnc65)cc4)c3C2=O)C(=O)N1. The number of imide groups is 1. The number of benzene rings is 3. The van der Waals surface area contributed by atoms with Gasteiger partial charge in [0.25, 0.3) is 17.7 Å². The molecule has 16 nitrogen and oxygen atoms in total. The van der Waals surface area contributed by atoms with Gasteiger partial charge >= 0.3 is 0 Å². The van der Waals surface area contributed by atoms with E-state index in [9.17, 15) is 24.0 Å². The lowest BCUT2D eigenvalue weighted by atomic mass is 9.99. The van der Waals surface area contributed by atoms with Crippen molar-refractivity contribution in [2.75, 3.05) is 38.3 Å². The number of rotatable bonds is 18. The summed E-state index contributed by atoms with van der Waals surface area (Å²) < 4.78 is 19.3. The quantitative estimate of drug-likeness (QED) is 0.0610. The molecule has 5 amide bonds. The van der Waals surface area contributed by atoms with E-state index in [1.54, 1.807) is 41.7 Å². The lowest BCUT2D eigenvalue weighted by Gasteiger charge is -2.29. The Balaban J connectivity index is 0.725. The van der Waals surface area contributed by atoms with Crippen molar-refractivity contribution in [2.45, 2.75) is 71.4 Å². The molecule has 3 aliphatic rings. The lowest BCUT2D eigenvalue weighted by Crippen LogP contribution is -2.51. The molecular weight excluding hydrogens is 884 g/mol. The summed E-state index contributed by atoms with van der Waals surface area (Å²) in [5.74, 6) is -0.156. The average Bonchev–Trinajstić information content (AvgIpc) is 3.88. The van der Waals surface area contributed by atoms with Gasteiger partial charge in [0.2, 0.25) is 11.8 Å². The molecule has 5 heterocycles. The third kappa shape index (κ3) is 9.93. The molecule has 5 aromatic rings. The number of allylic oxidation sites excluding steroid dienone is 1. The van der Waals surface area contributed by atoms with E-state index in [0.29, 0.717) is 73.6 Å². The van der Waals surface area contributed by atoms with Gasteiger partial charge < -0.3 is 30.2 Å². The molecule has 3 aromatic carbocycles. The van der Waals surface area contributed by atoms with Crippen molar-refractivity contribution in [3.05, 3.63) is 128 Å². The summed E-state index contributed by atoms with van der Waals surface area (Å²) in [6.07, 6.45) is 2.86. The van der Waals surface area contributed by atoms with Crippen LogP contribution >= 0.6 is 22.9 Å². The second-order valence-corrected chi connectivity index (χ2v) is 17.8. The second-order valence-electron chi connectivity index (χ2n) is 16.1. The molecule has 3 N–H and O–H groups in total. The van der Waals surface area contributed by atoms with E-state index in [1.807, 2.05) is 35.8 Å². The van der Waals surface area contributed by atoms with Crippen LogP contribution in [0.2, 0.25) is 5.02 Å². The number of carbonyl (C=O) groups is 5. The van der Waals surface area contributed by atoms with Crippen LogP contribution in [-0.2, 0) is 19.1 Å². The molecule has 66 heavy (non-hydrogen) atoms. The van der Waals surface area contributed by atoms with Gasteiger partial charge in [-0.15, -0.1) is 21.5 Å². The van der Waals surface area contributed by atoms with E-state index < -0.39 is 29.8 Å². The topological polar surface area (TPSA) is 195 Å². The monoisotopic (exact) mass is 932 g/mol. The number of carbonyl (C=O) groups excluding carboxylic acids is 5. The molecule has 0 saturated carbocycles. The van der Waals surface area contributed by atoms with Crippen molar-refractivity contribution in [3.8, 4) is 16.5 Å². The number of ether oxygens (including phenoxy) is 3. The molecule has 0 bridgehead atoms. The third-order valence-electron chi connectivity index (χ3n) is 11.5. The normalized spacial score (nSPS) is 16.5. The molecule has 1 fully saturated rings. The fourth-order valence-corrected chi connectivity index (χ4v) is 9.38. The molecule has 342 valence electrons. The first kappa shape index (κ1) is 45.9. The van der Waals surface area contributed by atoms with Crippen LogP contribution in [0.3, 0.4) is 0 Å². The molecule has 18 heteroatoms. The van der Waals surface area contributed by atoms with Crippen LogP contribution in [0.25, 0.3) is 5.00 Å². The standard InChI is InChI=1S/C48H49ClN8O8S/c1-27-11-20-37(45(60)51-27)57-46(61)35-9-7-10-38(42(35)47(57)62)65-26-40(59)50-21-5-6-22-63-23-8-24-64-34-18-16-33(17-19-34)52-39(58)25-36-44-55-54-30(4)56(44)48-41(28(2)29(3)66-48)43(53-36)31-12-14-32(49)15-13-31/h7,9-10,12-19,36-37H,1,5-6,8,11,20-26H2,2-4H3,(H,50,59)(H,51,60)(H,52,58)/t36-,37?/m0/s1. The summed E-state index contributed by atoms with van der Waals surface area (Å²) in [6, 6.07) is 17.8. The van der Waals surface area contributed by atoms with Gasteiger partial charge in [0, 0.05) is 58.6 Å². The molecule has 3 aliphatic heterocycles. The Morgan fingerprint density at radius 2 is 1.67 bits per heavy atom. The van der Waals surface area contributed by atoms with Crippen molar-refractivity contribution in [1.82, 2.24) is 30.3 Å². The van der Waals surface area contributed by atoms with Gasteiger partial charge in [0.05, 0.1) is 29.9 Å². The number of piperidine rings is 1. The zero-order chi connectivity index (χ0) is 46.5. The maximum atomic E-state index is 13.5. The van der Waals surface area contributed by atoms with E-state index in [1.165, 1.54) is 17.0 Å². The van der Waals surface area contributed by atoms with Crippen LogP contribution in [0.1, 0.15) is 98.5 Å². The number of hydrogen-bond acceptors (Lipinski definition) is 12. The molecule has 2 atom stereocenters. The highest BCUT2D eigenvalue weighted by Gasteiger charge is 2.45. The van der Waals surface area contributed by atoms with E-state index in [2.05, 4.69) is 46.6 Å². The fourth-order valence-electron chi connectivity index (χ4n) is 8.04. The molecule has 0 aliphatic carbocycles.